The van der Waals surface area contributed by atoms with Crippen LogP contribution in [0.4, 0.5) is 10.1 Å². The van der Waals surface area contributed by atoms with Crippen LogP contribution in [0.2, 0.25) is 0 Å². The zero-order valence-corrected chi connectivity index (χ0v) is 8.40. The van der Waals surface area contributed by atoms with Gasteiger partial charge in [-0.15, -0.1) is 0 Å². The van der Waals surface area contributed by atoms with Crippen LogP contribution in [0.15, 0.2) is 24.3 Å². The van der Waals surface area contributed by atoms with Gasteiger partial charge in [0.2, 0.25) is 0 Å². The maximum Gasteiger partial charge on any atom is 0.166 e. The van der Waals surface area contributed by atoms with E-state index in [1.165, 1.54) is 11.0 Å². The molecule has 0 aliphatic heterocycles. The second-order valence-corrected chi connectivity index (χ2v) is 3.18. The molecule has 0 N–H and O–H groups in total. The molecule has 0 saturated heterocycles. The number of Topliss-reactive ketones (excluding diaryl/α,β-unsaturated/α-hetero) is 1. The monoisotopic (exact) mass is 206 g/mol. The van der Waals surface area contributed by atoms with Crippen LogP contribution in [-0.4, -0.2) is 19.4 Å². The Morgan fingerprint density at radius 1 is 1.53 bits per heavy atom. The molecule has 0 aromatic heterocycles. The molecule has 78 valence electrons. The summed E-state index contributed by atoms with van der Waals surface area (Å²) in [5, 5.41) is 8.31. The molecule has 3 nitrogen and oxygen atoms in total. The fourth-order valence-corrected chi connectivity index (χ4v) is 1.26. The van der Waals surface area contributed by atoms with E-state index in [1.54, 1.807) is 31.3 Å². The molecular weight excluding hydrogens is 195 g/mol. The molecule has 0 fully saturated rings. The summed E-state index contributed by atoms with van der Waals surface area (Å²) in [5.41, 5.74) is 0.365. The van der Waals surface area contributed by atoms with Crippen molar-refractivity contribution < 1.29 is 9.18 Å². The highest BCUT2D eigenvalue weighted by molar-refractivity contribution is 5.85. The topological polar surface area (TPSA) is 44.1 Å². The van der Waals surface area contributed by atoms with Crippen LogP contribution in [0.3, 0.4) is 0 Å². The van der Waals surface area contributed by atoms with Crippen molar-refractivity contribution in [2.45, 2.75) is 6.42 Å². The second-order valence-electron chi connectivity index (χ2n) is 3.18. The van der Waals surface area contributed by atoms with E-state index in [9.17, 15) is 9.18 Å². The molecule has 0 heterocycles. The Kier molecular flexibility index (Phi) is 3.81. The van der Waals surface area contributed by atoms with Crippen LogP contribution in [0.25, 0.3) is 0 Å². The van der Waals surface area contributed by atoms with Crippen molar-refractivity contribution in [3.8, 4) is 6.07 Å². The van der Waals surface area contributed by atoms with Crippen molar-refractivity contribution in [1.82, 2.24) is 0 Å². The number of nitrogens with zero attached hydrogens (tertiary/aromatic N) is 2. The van der Waals surface area contributed by atoms with Gasteiger partial charge in [0.1, 0.15) is 5.82 Å². The minimum Gasteiger partial charge on any atom is -0.365 e. The number of ketones is 1. The van der Waals surface area contributed by atoms with E-state index in [1.807, 2.05) is 0 Å². The molecule has 0 spiro atoms. The Labute approximate surface area is 87.7 Å². The Bertz CT molecular complexity index is 398. The summed E-state index contributed by atoms with van der Waals surface area (Å²) in [6, 6.07) is 7.98. The number of carbonyl (C=O) groups excluding carboxylic acids is 1. The third-order valence-electron chi connectivity index (χ3n) is 1.95. The SMILES string of the molecule is CN(CC(=O)CC#N)c1ccccc1F. The predicted octanol–water partition coefficient (Wildman–Crippen LogP) is 1.74. The van der Waals surface area contributed by atoms with Gasteiger partial charge in [-0.1, -0.05) is 12.1 Å². The summed E-state index contributed by atoms with van der Waals surface area (Å²) in [6.07, 6.45) is -0.140. The van der Waals surface area contributed by atoms with Gasteiger partial charge >= 0.3 is 0 Å². The molecule has 4 heteroatoms. The number of rotatable bonds is 4. The highest BCUT2D eigenvalue weighted by Crippen LogP contribution is 2.16. The lowest BCUT2D eigenvalue weighted by molar-refractivity contribution is -0.116. The number of nitriles is 1. The van der Waals surface area contributed by atoms with Crippen LogP contribution in [-0.2, 0) is 4.79 Å². The fraction of sp³-hybridized carbons (Fsp3) is 0.273. The highest BCUT2D eigenvalue weighted by Gasteiger charge is 2.10. The molecule has 1 aromatic rings. The third-order valence-corrected chi connectivity index (χ3v) is 1.95. The van der Waals surface area contributed by atoms with E-state index < -0.39 is 0 Å². The van der Waals surface area contributed by atoms with Gasteiger partial charge in [0.15, 0.2) is 5.78 Å². The summed E-state index contributed by atoms with van der Waals surface area (Å²) in [4.78, 5) is 12.6. The summed E-state index contributed by atoms with van der Waals surface area (Å²) in [7, 11) is 1.62. The van der Waals surface area contributed by atoms with Gasteiger partial charge in [-0.2, -0.15) is 5.26 Å². The molecule has 0 radical (unpaired) electrons. The Morgan fingerprint density at radius 2 is 2.20 bits per heavy atom. The van der Waals surface area contributed by atoms with Crippen molar-refractivity contribution in [3.05, 3.63) is 30.1 Å². The largest absolute Gasteiger partial charge is 0.365 e. The smallest absolute Gasteiger partial charge is 0.166 e. The summed E-state index contributed by atoms with van der Waals surface area (Å²) < 4.78 is 13.3. The van der Waals surface area contributed by atoms with Crippen molar-refractivity contribution in [2.75, 3.05) is 18.5 Å². The molecule has 0 unspecified atom stereocenters. The second kappa shape index (κ2) is 5.11. The number of para-hydroxylation sites is 1. The number of benzene rings is 1. The van der Waals surface area contributed by atoms with Crippen molar-refractivity contribution >= 4 is 11.5 Å². The van der Waals surface area contributed by atoms with Crippen molar-refractivity contribution in [3.63, 3.8) is 0 Å². The van der Waals surface area contributed by atoms with Gasteiger partial charge in [0.05, 0.1) is 24.7 Å². The van der Waals surface area contributed by atoms with Gasteiger partial charge in [0.25, 0.3) is 0 Å². The first-order valence-corrected chi connectivity index (χ1v) is 4.49. The lowest BCUT2D eigenvalue weighted by Gasteiger charge is -2.18. The number of likely N-dealkylation sites (N-methyl/N-ethyl adjacent to an activating group) is 1. The molecule has 1 aromatic carbocycles. The maximum absolute atomic E-state index is 13.3. The molecule has 0 atom stereocenters. The molecule has 0 saturated carbocycles. The minimum absolute atomic E-state index is 0.0501. The number of hydrogen-bond acceptors (Lipinski definition) is 3. The number of carbonyl (C=O) groups is 1. The molecular formula is C11H11FN2O. The van der Waals surface area contributed by atoms with E-state index in [0.29, 0.717) is 5.69 Å². The average Bonchev–Trinajstić information content (AvgIpc) is 2.18. The minimum atomic E-state index is -0.371. The van der Waals surface area contributed by atoms with Gasteiger partial charge in [0, 0.05) is 7.05 Å². The van der Waals surface area contributed by atoms with Crippen LogP contribution in [0.5, 0.6) is 0 Å². The Hall–Kier alpha value is -1.89. The van der Waals surface area contributed by atoms with E-state index in [2.05, 4.69) is 0 Å². The van der Waals surface area contributed by atoms with Crippen LogP contribution in [0.1, 0.15) is 6.42 Å². The lowest BCUT2D eigenvalue weighted by atomic mass is 10.2. The molecule has 0 amide bonds. The van der Waals surface area contributed by atoms with Crippen molar-refractivity contribution in [1.29, 1.82) is 5.26 Å². The summed E-state index contributed by atoms with van der Waals surface area (Å²) in [6.45, 7) is 0.0501. The summed E-state index contributed by atoms with van der Waals surface area (Å²) >= 11 is 0. The predicted molar refractivity (Wildman–Crippen MR) is 54.9 cm³/mol. The first-order chi connectivity index (χ1) is 7.15. The maximum atomic E-state index is 13.3. The van der Waals surface area contributed by atoms with Gasteiger partial charge in [-0.05, 0) is 12.1 Å². The molecule has 0 bridgehead atoms. The summed E-state index contributed by atoms with van der Waals surface area (Å²) in [5.74, 6) is -0.590. The van der Waals surface area contributed by atoms with Gasteiger partial charge < -0.3 is 4.90 Å². The molecule has 0 aliphatic carbocycles. The standard InChI is InChI=1S/C11H11FN2O/c1-14(8-9(15)6-7-13)11-5-3-2-4-10(11)12/h2-5H,6,8H2,1H3. The van der Waals surface area contributed by atoms with E-state index in [4.69, 9.17) is 5.26 Å². The van der Waals surface area contributed by atoms with Crippen LogP contribution < -0.4 is 4.90 Å². The first kappa shape index (κ1) is 11.2. The van der Waals surface area contributed by atoms with E-state index in [0.717, 1.165) is 0 Å². The lowest BCUT2D eigenvalue weighted by Crippen LogP contribution is -2.25. The number of anilines is 1. The number of hydrogen-bond donors (Lipinski definition) is 0. The van der Waals surface area contributed by atoms with E-state index >= 15 is 0 Å². The highest BCUT2D eigenvalue weighted by atomic mass is 19.1. The Balaban J connectivity index is 2.70. The number of halogens is 1. The van der Waals surface area contributed by atoms with E-state index in [-0.39, 0.29) is 24.6 Å². The first-order valence-electron chi connectivity index (χ1n) is 4.49. The average molecular weight is 206 g/mol. The molecule has 15 heavy (non-hydrogen) atoms. The molecule has 1 rings (SSSR count). The van der Waals surface area contributed by atoms with Crippen LogP contribution in [0, 0.1) is 17.1 Å². The quantitative estimate of drug-likeness (QED) is 0.753. The molecule has 0 aliphatic rings. The fourth-order valence-electron chi connectivity index (χ4n) is 1.26. The zero-order valence-electron chi connectivity index (χ0n) is 8.40. The van der Waals surface area contributed by atoms with Crippen LogP contribution >= 0.6 is 0 Å². The Morgan fingerprint density at radius 3 is 2.80 bits per heavy atom. The normalized spacial score (nSPS) is 9.40. The van der Waals surface area contributed by atoms with Gasteiger partial charge in [-0.3, -0.25) is 4.79 Å². The zero-order chi connectivity index (χ0) is 11.3. The van der Waals surface area contributed by atoms with Crippen molar-refractivity contribution in [2.24, 2.45) is 0 Å². The third kappa shape index (κ3) is 3.06. The van der Waals surface area contributed by atoms with Gasteiger partial charge in [-0.25, -0.2) is 4.39 Å².